The van der Waals surface area contributed by atoms with Crippen LogP contribution in [0, 0.1) is 5.92 Å². The van der Waals surface area contributed by atoms with Crippen molar-refractivity contribution in [1.82, 2.24) is 10.2 Å². The van der Waals surface area contributed by atoms with Gasteiger partial charge >= 0.3 is 0 Å². The molecule has 0 aromatic heterocycles. The highest BCUT2D eigenvalue weighted by atomic mass is 16.7. The van der Waals surface area contributed by atoms with Gasteiger partial charge in [-0.2, -0.15) is 0 Å². The Bertz CT molecular complexity index is 695. The Kier molecular flexibility index (Phi) is 8.16. The molecule has 0 spiro atoms. The molecule has 2 amide bonds. The van der Waals surface area contributed by atoms with Crippen molar-refractivity contribution in [2.45, 2.75) is 51.9 Å². The van der Waals surface area contributed by atoms with E-state index in [1.165, 1.54) is 19.3 Å². The third kappa shape index (κ3) is 6.63. The maximum Gasteiger partial charge on any atom is 0.231 e. The van der Waals surface area contributed by atoms with E-state index in [1.54, 1.807) is 12.1 Å². The van der Waals surface area contributed by atoms with Crippen molar-refractivity contribution in [3.05, 3.63) is 18.2 Å². The van der Waals surface area contributed by atoms with E-state index in [9.17, 15) is 9.59 Å². The number of amides is 2. The van der Waals surface area contributed by atoms with Crippen LogP contribution in [0.3, 0.4) is 0 Å². The average molecular weight is 404 g/mol. The van der Waals surface area contributed by atoms with Crippen LogP contribution in [0.2, 0.25) is 0 Å². The number of nitrogens with zero attached hydrogens (tertiary/aromatic N) is 1. The van der Waals surface area contributed by atoms with Gasteiger partial charge in [-0.3, -0.25) is 9.59 Å². The molecule has 1 aromatic carbocycles. The van der Waals surface area contributed by atoms with Crippen LogP contribution in [0.15, 0.2) is 18.2 Å². The second-order valence-electron chi connectivity index (χ2n) is 7.86. The predicted molar refractivity (Wildman–Crippen MR) is 112 cm³/mol. The van der Waals surface area contributed by atoms with Crippen molar-refractivity contribution >= 4 is 17.5 Å². The summed E-state index contributed by atoms with van der Waals surface area (Å²) in [6.07, 6.45) is 6.98. The minimum atomic E-state index is -0.0358. The summed E-state index contributed by atoms with van der Waals surface area (Å²) in [6.45, 7) is 5.51. The number of nitrogens with one attached hydrogen (secondary N) is 2. The second kappa shape index (κ2) is 11.0. The van der Waals surface area contributed by atoms with Crippen LogP contribution in [-0.4, -0.2) is 49.7 Å². The minimum absolute atomic E-state index is 0.0341. The third-order valence-corrected chi connectivity index (χ3v) is 5.52. The molecule has 0 aliphatic carbocycles. The lowest BCUT2D eigenvalue weighted by Crippen LogP contribution is -2.44. The lowest BCUT2D eigenvalue weighted by atomic mass is 9.97. The monoisotopic (exact) mass is 403 g/mol. The first-order valence-corrected chi connectivity index (χ1v) is 10.8. The molecule has 1 fully saturated rings. The van der Waals surface area contributed by atoms with E-state index in [0.717, 1.165) is 38.9 Å². The Morgan fingerprint density at radius 1 is 1.17 bits per heavy atom. The van der Waals surface area contributed by atoms with E-state index in [1.807, 2.05) is 6.07 Å². The topological polar surface area (TPSA) is 79.9 Å². The van der Waals surface area contributed by atoms with Gasteiger partial charge < -0.3 is 25.0 Å². The van der Waals surface area contributed by atoms with E-state index >= 15 is 0 Å². The molecule has 1 unspecified atom stereocenters. The average Bonchev–Trinajstić information content (AvgIpc) is 3.20. The molecule has 2 aliphatic heterocycles. The smallest absolute Gasteiger partial charge is 0.231 e. The van der Waals surface area contributed by atoms with E-state index in [-0.39, 0.29) is 24.5 Å². The summed E-state index contributed by atoms with van der Waals surface area (Å²) in [4.78, 5) is 26.9. The summed E-state index contributed by atoms with van der Waals surface area (Å²) in [5.41, 5.74) is 0.707. The maximum atomic E-state index is 12.4. The molecule has 29 heavy (non-hydrogen) atoms. The molecule has 160 valence electrons. The molecule has 0 radical (unpaired) electrons. The van der Waals surface area contributed by atoms with E-state index in [4.69, 9.17) is 9.47 Å². The van der Waals surface area contributed by atoms with Gasteiger partial charge in [0.15, 0.2) is 11.5 Å². The first-order valence-electron chi connectivity index (χ1n) is 10.8. The van der Waals surface area contributed by atoms with Gasteiger partial charge in [0.05, 0.1) is 5.92 Å². The molecule has 1 saturated heterocycles. The fourth-order valence-electron chi connectivity index (χ4n) is 3.84. The van der Waals surface area contributed by atoms with Gasteiger partial charge in [-0.05, 0) is 37.9 Å². The van der Waals surface area contributed by atoms with E-state index in [2.05, 4.69) is 22.5 Å². The van der Waals surface area contributed by atoms with Gasteiger partial charge in [0, 0.05) is 37.8 Å². The van der Waals surface area contributed by atoms with Gasteiger partial charge in [0.25, 0.3) is 0 Å². The van der Waals surface area contributed by atoms with Crippen molar-refractivity contribution in [3.63, 3.8) is 0 Å². The molecular formula is C22H33N3O4. The number of anilines is 1. The Hall–Kier alpha value is -2.28. The highest BCUT2D eigenvalue weighted by Gasteiger charge is 2.25. The molecule has 0 saturated carbocycles. The number of benzene rings is 1. The highest BCUT2D eigenvalue weighted by Crippen LogP contribution is 2.34. The molecule has 7 nitrogen and oxygen atoms in total. The quantitative estimate of drug-likeness (QED) is 0.587. The first kappa shape index (κ1) is 21.4. The molecule has 2 N–H and O–H groups in total. The zero-order valence-corrected chi connectivity index (χ0v) is 17.4. The number of unbranched alkanes of at least 4 members (excludes halogenated alkanes) is 3. The predicted octanol–water partition coefficient (Wildman–Crippen LogP) is 3.15. The number of rotatable bonds is 10. The van der Waals surface area contributed by atoms with Crippen molar-refractivity contribution in [1.29, 1.82) is 0 Å². The van der Waals surface area contributed by atoms with Crippen molar-refractivity contribution in [2.24, 2.45) is 5.92 Å². The lowest BCUT2D eigenvalue weighted by molar-refractivity contribution is -0.126. The standard InChI is InChI=1S/C22H33N3O4/c1-2-3-4-5-11-23-22(27)17-7-6-12-25(15-17)13-10-21(26)24-18-8-9-19-20(14-18)29-16-28-19/h8-9,14,17H,2-7,10-13,15-16H2,1H3,(H,23,27)(H,24,26). The lowest BCUT2D eigenvalue weighted by Gasteiger charge is -2.31. The number of piperidine rings is 1. The van der Waals surface area contributed by atoms with Crippen molar-refractivity contribution in [2.75, 3.05) is 38.3 Å². The van der Waals surface area contributed by atoms with Gasteiger partial charge in [-0.1, -0.05) is 26.2 Å². The summed E-state index contributed by atoms with van der Waals surface area (Å²) < 4.78 is 10.6. The fraction of sp³-hybridized carbons (Fsp3) is 0.636. The van der Waals surface area contributed by atoms with Crippen LogP contribution in [0.5, 0.6) is 11.5 Å². The largest absolute Gasteiger partial charge is 0.454 e. The Morgan fingerprint density at radius 2 is 2.03 bits per heavy atom. The third-order valence-electron chi connectivity index (χ3n) is 5.52. The number of likely N-dealkylation sites (tertiary alicyclic amines) is 1. The number of fused-ring (bicyclic) bond motifs is 1. The second-order valence-corrected chi connectivity index (χ2v) is 7.86. The van der Waals surface area contributed by atoms with E-state index in [0.29, 0.717) is 30.2 Å². The minimum Gasteiger partial charge on any atom is -0.454 e. The van der Waals surface area contributed by atoms with Crippen LogP contribution >= 0.6 is 0 Å². The molecule has 7 heteroatoms. The Balaban J connectivity index is 1.36. The number of hydrogen-bond acceptors (Lipinski definition) is 5. The van der Waals surface area contributed by atoms with Crippen LogP contribution < -0.4 is 20.1 Å². The fourth-order valence-corrected chi connectivity index (χ4v) is 3.84. The zero-order chi connectivity index (χ0) is 20.5. The van der Waals surface area contributed by atoms with Gasteiger partial charge in [0.1, 0.15) is 0 Å². The Labute approximate surface area is 173 Å². The summed E-state index contributed by atoms with van der Waals surface area (Å²) in [7, 11) is 0. The summed E-state index contributed by atoms with van der Waals surface area (Å²) in [5, 5.41) is 5.99. The van der Waals surface area contributed by atoms with Crippen LogP contribution in [0.4, 0.5) is 5.69 Å². The van der Waals surface area contributed by atoms with Gasteiger partial charge in [-0.15, -0.1) is 0 Å². The number of ether oxygens (including phenoxy) is 2. The van der Waals surface area contributed by atoms with Crippen LogP contribution in [0.1, 0.15) is 51.9 Å². The molecular weight excluding hydrogens is 370 g/mol. The van der Waals surface area contributed by atoms with Crippen LogP contribution in [-0.2, 0) is 9.59 Å². The molecule has 1 atom stereocenters. The van der Waals surface area contributed by atoms with Crippen molar-refractivity contribution in [3.8, 4) is 11.5 Å². The SMILES string of the molecule is CCCCCCNC(=O)C1CCCN(CCC(=O)Nc2ccc3c(c2)OCO3)C1. The number of carbonyl (C=O) groups excluding carboxylic acids is 2. The molecule has 2 aliphatic rings. The Morgan fingerprint density at radius 3 is 2.90 bits per heavy atom. The summed E-state index contributed by atoms with van der Waals surface area (Å²) in [6, 6.07) is 5.39. The maximum absolute atomic E-state index is 12.4. The molecule has 3 rings (SSSR count). The van der Waals surface area contributed by atoms with Crippen molar-refractivity contribution < 1.29 is 19.1 Å². The highest BCUT2D eigenvalue weighted by molar-refractivity contribution is 5.91. The molecule has 0 bridgehead atoms. The zero-order valence-electron chi connectivity index (χ0n) is 17.4. The molecule has 1 aromatic rings. The first-order chi connectivity index (χ1) is 14.2. The van der Waals surface area contributed by atoms with Gasteiger partial charge in [-0.25, -0.2) is 0 Å². The number of carbonyl (C=O) groups is 2. The van der Waals surface area contributed by atoms with Crippen LogP contribution in [0.25, 0.3) is 0 Å². The number of hydrogen-bond donors (Lipinski definition) is 2. The normalized spacial score (nSPS) is 18.4. The van der Waals surface area contributed by atoms with E-state index < -0.39 is 0 Å². The summed E-state index contributed by atoms with van der Waals surface area (Å²) >= 11 is 0. The molecule has 2 heterocycles. The van der Waals surface area contributed by atoms with Gasteiger partial charge in [0.2, 0.25) is 18.6 Å². The summed E-state index contributed by atoms with van der Waals surface area (Å²) in [5.74, 6) is 1.52.